The molecule has 0 spiro atoms. The first kappa shape index (κ1) is 20.3. The summed E-state index contributed by atoms with van der Waals surface area (Å²) in [6.07, 6.45) is 0.778. The fourth-order valence-electron chi connectivity index (χ4n) is 2.92. The molecule has 1 aromatic heterocycles. The lowest BCUT2D eigenvalue weighted by Gasteiger charge is -2.28. The molecule has 0 atom stereocenters. The molecule has 1 heterocycles. The van der Waals surface area contributed by atoms with Crippen LogP contribution in [0.5, 0.6) is 5.88 Å². The molecule has 1 aromatic rings. The van der Waals surface area contributed by atoms with Crippen LogP contribution in [-0.4, -0.2) is 43.6 Å². The molecule has 6 nitrogen and oxygen atoms in total. The molecule has 0 radical (unpaired) electrons. The maximum absolute atomic E-state index is 12.2. The van der Waals surface area contributed by atoms with Gasteiger partial charge in [-0.25, -0.2) is 9.78 Å². The lowest BCUT2D eigenvalue weighted by Crippen LogP contribution is -2.43. The summed E-state index contributed by atoms with van der Waals surface area (Å²) in [5.41, 5.74) is 0.608. The second kappa shape index (κ2) is 9.61. The van der Waals surface area contributed by atoms with E-state index in [-0.39, 0.29) is 24.5 Å². The molecule has 9 heteroatoms. The van der Waals surface area contributed by atoms with Crippen LogP contribution in [0.15, 0.2) is 18.3 Å². The minimum atomic E-state index is -4.42. The van der Waals surface area contributed by atoms with Crippen molar-refractivity contribution in [3.05, 3.63) is 23.9 Å². The highest BCUT2D eigenvalue weighted by atomic mass is 19.4. The van der Waals surface area contributed by atoms with E-state index in [2.05, 4.69) is 20.4 Å². The molecule has 0 unspecified atom stereocenters. The van der Waals surface area contributed by atoms with Crippen LogP contribution >= 0.6 is 0 Å². The molecule has 0 aromatic carbocycles. The maximum atomic E-state index is 12.2. The fraction of sp³-hybridized carbons (Fsp3) is 0.647. The molecule has 0 aliphatic heterocycles. The van der Waals surface area contributed by atoms with Crippen molar-refractivity contribution in [1.29, 1.82) is 0 Å². The van der Waals surface area contributed by atoms with Crippen molar-refractivity contribution in [2.75, 3.05) is 20.3 Å². The van der Waals surface area contributed by atoms with E-state index in [4.69, 9.17) is 4.74 Å². The van der Waals surface area contributed by atoms with Crippen LogP contribution in [0.1, 0.15) is 31.2 Å². The monoisotopic (exact) mass is 375 g/mol. The average molecular weight is 375 g/mol. The molecule has 146 valence electrons. The number of methoxy groups -OCH3 is 1. The Balaban J connectivity index is 1.72. The van der Waals surface area contributed by atoms with E-state index in [1.807, 2.05) is 0 Å². The third kappa shape index (κ3) is 7.47. The summed E-state index contributed by atoms with van der Waals surface area (Å²) in [6, 6.07) is 2.82. The first-order chi connectivity index (χ1) is 12.4. The van der Waals surface area contributed by atoms with Gasteiger partial charge < -0.3 is 20.1 Å². The normalized spacial score (nSPS) is 20.5. The highest BCUT2D eigenvalue weighted by molar-refractivity contribution is 5.74. The minimum absolute atomic E-state index is 0.126. The van der Waals surface area contributed by atoms with Crippen molar-refractivity contribution < 1.29 is 27.4 Å². The van der Waals surface area contributed by atoms with E-state index in [9.17, 15) is 18.0 Å². The third-order valence-corrected chi connectivity index (χ3v) is 4.22. The Labute approximate surface area is 150 Å². The van der Waals surface area contributed by atoms with Gasteiger partial charge in [-0.2, -0.15) is 13.2 Å². The molecule has 0 saturated heterocycles. The van der Waals surface area contributed by atoms with Gasteiger partial charge in [-0.05, 0) is 43.2 Å². The van der Waals surface area contributed by atoms with E-state index < -0.39 is 12.8 Å². The van der Waals surface area contributed by atoms with E-state index in [1.165, 1.54) is 12.3 Å². The number of ether oxygens (including phenoxy) is 2. The number of nitrogens with zero attached hydrogens (tertiary/aromatic N) is 1. The molecule has 1 fully saturated rings. The number of hydrogen-bond acceptors (Lipinski definition) is 4. The van der Waals surface area contributed by atoms with Gasteiger partial charge in [-0.1, -0.05) is 0 Å². The summed E-state index contributed by atoms with van der Waals surface area (Å²) in [5.74, 6) is 0.423. The highest BCUT2D eigenvalue weighted by Gasteiger charge is 2.28. The second-order valence-electron chi connectivity index (χ2n) is 6.41. The summed E-state index contributed by atoms with van der Waals surface area (Å²) >= 11 is 0. The van der Waals surface area contributed by atoms with Gasteiger partial charge >= 0.3 is 12.2 Å². The number of carbonyl (C=O) groups is 1. The van der Waals surface area contributed by atoms with Crippen LogP contribution in [0.3, 0.4) is 0 Å². The zero-order chi connectivity index (χ0) is 19.0. The maximum Gasteiger partial charge on any atom is 0.422 e. The number of rotatable bonds is 7. The van der Waals surface area contributed by atoms with Crippen molar-refractivity contribution in [3.63, 3.8) is 0 Å². The SMILES string of the molecule is COCC1CCC(NC(=O)NCc2ccnc(OCC(F)(F)F)c2)CC1. The predicted octanol–water partition coefficient (Wildman–Crippen LogP) is 3.03. The second-order valence-corrected chi connectivity index (χ2v) is 6.41. The van der Waals surface area contributed by atoms with Gasteiger partial charge in [0.25, 0.3) is 0 Å². The van der Waals surface area contributed by atoms with Crippen LogP contribution < -0.4 is 15.4 Å². The largest absolute Gasteiger partial charge is 0.468 e. The molecule has 1 aliphatic carbocycles. The number of carbonyl (C=O) groups excluding carboxylic acids is 1. The molecule has 2 N–H and O–H groups in total. The first-order valence-electron chi connectivity index (χ1n) is 8.53. The third-order valence-electron chi connectivity index (χ3n) is 4.22. The van der Waals surface area contributed by atoms with Crippen LogP contribution in [-0.2, 0) is 11.3 Å². The number of urea groups is 1. The Morgan fingerprint density at radius 3 is 2.69 bits per heavy atom. The van der Waals surface area contributed by atoms with Crippen LogP contribution in [0.4, 0.5) is 18.0 Å². The number of hydrogen-bond donors (Lipinski definition) is 2. The minimum Gasteiger partial charge on any atom is -0.468 e. The number of pyridine rings is 1. The van der Waals surface area contributed by atoms with Gasteiger partial charge in [0.2, 0.25) is 5.88 Å². The highest BCUT2D eigenvalue weighted by Crippen LogP contribution is 2.24. The zero-order valence-corrected chi connectivity index (χ0v) is 14.6. The number of halogens is 3. The number of aromatic nitrogens is 1. The summed E-state index contributed by atoms with van der Waals surface area (Å²) in [4.78, 5) is 15.7. The number of alkyl halides is 3. The van der Waals surface area contributed by atoms with Crippen molar-refractivity contribution in [2.45, 2.75) is 44.4 Å². The Bertz CT molecular complexity index is 576. The Kier molecular flexibility index (Phi) is 7.50. The zero-order valence-electron chi connectivity index (χ0n) is 14.6. The quantitative estimate of drug-likeness (QED) is 0.768. The number of amides is 2. The fourth-order valence-corrected chi connectivity index (χ4v) is 2.92. The van der Waals surface area contributed by atoms with Crippen molar-refractivity contribution in [2.24, 2.45) is 5.92 Å². The molecule has 0 bridgehead atoms. The van der Waals surface area contributed by atoms with E-state index >= 15 is 0 Å². The van der Waals surface area contributed by atoms with Gasteiger partial charge in [-0.15, -0.1) is 0 Å². The summed E-state index contributed by atoms with van der Waals surface area (Å²) in [5, 5.41) is 5.63. The van der Waals surface area contributed by atoms with Gasteiger partial charge in [0.15, 0.2) is 6.61 Å². The first-order valence-corrected chi connectivity index (χ1v) is 8.53. The van der Waals surface area contributed by atoms with E-state index in [0.29, 0.717) is 11.5 Å². The molecule has 1 aliphatic rings. The lowest BCUT2D eigenvalue weighted by atomic mass is 9.86. The Morgan fingerprint density at radius 1 is 1.31 bits per heavy atom. The predicted molar refractivity (Wildman–Crippen MR) is 88.8 cm³/mol. The molecular formula is C17H24F3N3O3. The van der Waals surface area contributed by atoms with Crippen LogP contribution in [0.25, 0.3) is 0 Å². The summed E-state index contributed by atoms with van der Waals surface area (Å²) in [6.45, 7) is -0.474. The summed E-state index contributed by atoms with van der Waals surface area (Å²) < 4.78 is 46.2. The van der Waals surface area contributed by atoms with E-state index in [0.717, 1.165) is 32.3 Å². The molecule has 1 saturated carbocycles. The number of nitrogens with one attached hydrogen (secondary N) is 2. The van der Waals surface area contributed by atoms with Crippen molar-refractivity contribution >= 4 is 6.03 Å². The molecule has 26 heavy (non-hydrogen) atoms. The van der Waals surface area contributed by atoms with Gasteiger partial charge in [-0.3, -0.25) is 0 Å². The molecule has 2 rings (SSSR count). The Morgan fingerprint density at radius 2 is 2.04 bits per heavy atom. The summed E-state index contributed by atoms with van der Waals surface area (Å²) in [7, 11) is 1.69. The van der Waals surface area contributed by atoms with Crippen molar-refractivity contribution in [1.82, 2.24) is 15.6 Å². The smallest absolute Gasteiger partial charge is 0.422 e. The topological polar surface area (TPSA) is 72.5 Å². The molecule has 2 amide bonds. The van der Waals surface area contributed by atoms with Crippen LogP contribution in [0, 0.1) is 5.92 Å². The van der Waals surface area contributed by atoms with E-state index in [1.54, 1.807) is 13.2 Å². The Hall–Kier alpha value is -2.03. The average Bonchev–Trinajstić information content (AvgIpc) is 2.60. The standard InChI is InChI=1S/C17H24F3N3O3/c1-25-10-12-2-4-14(5-3-12)23-16(24)22-9-13-6-7-21-15(8-13)26-11-17(18,19)20/h6-8,12,14H,2-5,9-11H2,1H3,(H2,22,23,24). The molecular weight excluding hydrogens is 351 g/mol. The lowest BCUT2D eigenvalue weighted by molar-refractivity contribution is -0.154. The van der Waals surface area contributed by atoms with Crippen LogP contribution in [0.2, 0.25) is 0 Å². The van der Waals surface area contributed by atoms with Gasteiger partial charge in [0, 0.05) is 38.6 Å². The van der Waals surface area contributed by atoms with Gasteiger partial charge in [0.1, 0.15) is 0 Å². The van der Waals surface area contributed by atoms with Crippen molar-refractivity contribution in [3.8, 4) is 5.88 Å². The van der Waals surface area contributed by atoms with Gasteiger partial charge in [0.05, 0.1) is 0 Å².